The summed E-state index contributed by atoms with van der Waals surface area (Å²) in [7, 11) is 0. The number of hydrogen-bond donors (Lipinski definition) is 1. The van der Waals surface area contributed by atoms with Gasteiger partial charge in [0, 0.05) is 18.2 Å². The molecule has 1 N–H and O–H groups in total. The Morgan fingerprint density at radius 3 is 2.88 bits per heavy atom. The van der Waals surface area contributed by atoms with Gasteiger partial charge in [0.05, 0.1) is 19.1 Å². The lowest BCUT2D eigenvalue weighted by Gasteiger charge is -2.29. The normalized spacial score (nSPS) is 15.0. The van der Waals surface area contributed by atoms with E-state index < -0.39 is 17.7 Å². The molecule has 134 valence electrons. The Morgan fingerprint density at radius 2 is 2.16 bits per heavy atom. The second kappa shape index (κ2) is 7.16. The van der Waals surface area contributed by atoms with Crippen molar-refractivity contribution < 1.29 is 13.6 Å². The second-order valence-corrected chi connectivity index (χ2v) is 6.18. The van der Waals surface area contributed by atoms with Crippen molar-refractivity contribution in [1.29, 1.82) is 0 Å². The summed E-state index contributed by atoms with van der Waals surface area (Å²) >= 11 is 0. The van der Waals surface area contributed by atoms with Gasteiger partial charge in [0.15, 0.2) is 0 Å². The Hall–Kier alpha value is -2.51. The summed E-state index contributed by atoms with van der Waals surface area (Å²) in [6.45, 7) is 5.20. The van der Waals surface area contributed by atoms with Gasteiger partial charge in [0.1, 0.15) is 23.3 Å². The van der Waals surface area contributed by atoms with Crippen LogP contribution in [0.3, 0.4) is 0 Å². The summed E-state index contributed by atoms with van der Waals surface area (Å²) in [6, 6.07) is 2.66. The number of aromatic nitrogens is 3. The zero-order valence-electron chi connectivity index (χ0n) is 14.3. The molecule has 8 heteroatoms. The van der Waals surface area contributed by atoms with Crippen molar-refractivity contribution in [3.63, 3.8) is 0 Å². The Morgan fingerprint density at radius 1 is 1.36 bits per heavy atom. The average Bonchev–Trinajstić information content (AvgIpc) is 2.93. The predicted molar refractivity (Wildman–Crippen MR) is 87.7 cm³/mol. The third-order valence-electron chi connectivity index (χ3n) is 4.27. The van der Waals surface area contributed by atoms with Crippen molar-refractivity contribution in [3.05, 3.63) is 47.0 Å². The van der Waals surface area contributed by atoms with E-state index in [9.17, 15) is 13.6 Å². The van der Waals surface area contributed by atoms with E-state index in [1.807, 2.05) is 13.8 Å². The molecule has 1 atom stereocenters. The molecule has 25 heavy (non-hydrogen) atoms. The summed E-state index contributed by atoms with van der Waals surface area (Å²) < 4.78 is 29.0. The van der Waals surface area contributed by atoms with Crippen molar-refractivity contribution in [2.75, 3.05) is 6.54 Å². The molecule has 3 rings (SSSR count). The molecule has 0 unspecified atom stereocenters. The van der Waals surface area contributed by atoms with Crippen LogP contribution in [0.4, 0.5) is 13.6 Å². The molecule has 0 aliphatic carbocycles. The fourth-order valence-electron chi connectivity index (χ4n) is 3.05. The fourth-order valence-corrected chi connectivity index (χ4v) is 3.05. The predicted octanol–water partition coefficient (Wildman–Crippen LogP) is 2.93. The number of nitrogens with zero attached hydrogens (tertiary/aromatic N) is 4. The van der Waals surface area contributed by atoms with E-state index in [4.69, 9.17) is 0 Å². The zero-order chi connectivity index (χ0) is 18.0. The molecule has 2 aromatic rings. The van der Waals surface area contributed by atoms with E-state index in [1.54, 1.807) is 9.58 Å². The van der Waals surface area contributed by atoms with Crippen LogP contribution in [-0.2, 0) is 13.1 Å². The number of rotatable bonds is 4. The van der Waals surface area contributed by atoms with E-state index in [0.717, 1.165) is 18.3 Å². The SMILES string of the molecule is CCC[C@H](NC(=O)N1CCn2nc(C)nc2C1)c1ccc(F)cc1F. The lowest BCUT2D eigenvalue weighted by atomic mass is 10.0. The molecule has 1 aromatic heterocycles. The molecule has 0 radical (unpaired) electrons. The van der Waals surface area contributed by atoms with Gasteiger partial charge in [-0.15, -0.1) is 0 Å². The highest BCUT2D eigenvalue weighted by atomic mass is 19.1. The van der Waals surface area contributed by atoms with Crippen LogP contribution in [0.2, 0.25) is 0 Å². The summed E-state index contributed by atoms with van der Waals surface area (Å²) in [4.78, 5) is 18.6. The molecule has 0 bridgehead atoms. The van der Waals surface area contributed by atoms with Crippen LogP contribution in [0, 0.1) is 18.6 Å². The third kappa shape index (κ3) is 3.78. The first kappa shape index (κ1) is 17.3. The molecule has 2 heterocycles. The smallest absolute Gasteiger partial charge is 0.318 e. The molecular formula is C17H21F2N5O. The Labute approximate surface area is 144 Å². The van der Waals surface area contributed by atoms with Crippen molar-refractivity contribution in [2.45, 2.75) is 45.8 Å². The van der Waals surface area contributed by atoms with Crippen LogP contribution in [0.5, 0.6) is 0 Å². The second-order valence-electron chi connectivity index (χ2n) is 6.18. The number of fused-ring (bicyclic) bond motifs is 1. The lowest BCUT2D eigenvalue weighted by molar-refractivity contribution is 0.175. The van der Waals surface area contributed by atoms with E-state index >= 15 is 0 Å². The van der Waals surface area contributed by atoms with Gasteiger partial charge >= 0.3 is 6.03 Å². The molecule has 0 saturated heterocycles. The quantitative estimate of drug-likeness (QED) is 0.923. The minimum atomic E-state index is -0.646. The van der Waals surface area contributed by atoms with Gasteiger partial charge in [0.2, 0.25) is 0 Å². The van der Waals surface area contributed by atoms with Gasteiger partial charge in [-0.1, -0.05) is 19.4 Å². The summed E-state index contributed by atoms with van der Waals surface area (Å²) in [5, 5.41) is 7.13. The van der Waals surface area contributed by atoms with Crippen molar-refractivity contribution >= 4 is 6.03 Å². The van der Waals surface area contributed by atoms with Crippen LogP contribution < -0.4 is 5.32 Å². The molecule has 1 aliphatic heterocycles. The fraction of sp³-hybridized carbons (Fsp3) is 0.471. The van der Waals surface area contributed by atoms with E-state index in [-0.39, 0.29) is 6.03 Å². The minimum absolute atomic E-state index is 0.283. The minimum Gasteiger partial charge on any atom is -0.331 e. The zero-order valence-corrected chi connectivity index (χ0v) is 14.3. The molecule has 1 aliphatic rings. The first-order chi connectivity index (χ1) is 12.0. The van der Waals surface area contributed by atoms with Crippen LogP contribution in [0.1, 0.15) is 43.0 Å². The largest absolute Gasteiger partial charge is 0.331 e. The molecule has 0 saturated carbocycles. The standard InChI is InChI=1S/C17H21F2N5O/c1-3-4-15(13-6-5-12(18)9-14(13)19)21-17(25)23-7-8-24-16(10-23)20-11(2)22-24/h5-6,9,15H,3-4,7-8,10H2,1-2H3,(H,21,25)/t15-/m0/s1. The third-order valence-corrected chi connectivity index (χ3v) is 4.27. The molecule has 6 nitrogen and oxygen atoms in total. The highest BCUT2D eigenvalue weighted by molar-refractivity contribution is 5.74. The summed E-state index contributed by atoms with van der Waals surface area (Å²) in [5.74, 6) is 0.134. The lowest BCUT2D eigenvalue weighted by Crippen LogP contribution is -2.45. The number of carbonyl (C=O) groups is 1. The van der Waals surface area contributed by atoms with Crippen LogP contribution in [0.15, 0.2) is 18.2 Å². The maximum Gasteiger partial charge on any atom is 0.318 e. The van der Waals surface area contributed by atoms with Gasteiger partial charge < -0.3 is 10.2 Å². The van der Waals surface area contributed by atoms with Gasteiger partial charge in [-0.3, -0.25) is 0 Å². The first-order valence-corrected chi connectivity index (χ1v) is 8.38. The number of urea groups is 1. The number of hydrogen-bond acceptors (Lipinski definition) is 3. The summed E-state index contributed by atoms with van der Waals surface area (Å²) in [5.41, 5.74) is 0.299. The van der Waals surface area contributed by atoms with Crippen molar-refractivity contribution in [2.24, 2.45) is 0 Å². The van der Waals surface area contributed by atoms with Crippen LogP contribution >= 0.6 is 0 Å². The van der Waals surface area contributed by atoms with Gasteiger partial charge in [-0.25, -0.2) is 23.2 Å². The number of amides is 2. The number of benzene rings is 1. The Bertz CT molecular complexity index is 776. The Kier molecular flexibility index (Phi) is 4.96. The number of aryl methyl sites for hydroxylation is 1. The van der Waals surface area contributed by atoms with E-state index in [1.165, 1.54) is 12.1 Å². The van der Waals surface area contributed by atoms with Crippen LogP contribution in [0.25, 0.3) is 0 Å². The van der Waals surface area contributed by atoms with Gasteiger partial charge in [-0.05, 0) is 19.4 Å². The average molecular weight is 349 g/mol. The van der Waals surface area contributed by atoms with E-state index in [2.05, 4.69) is 15.4 Å². The van der Waals surface area contributed by atoms with E-state index in [0.29, 0.717) is 37.4 Å². The highest BCUT2D eigenvalue weighted by Crippen LogP contribution is 2.23. The van der Waals surface area contributed by atoms with Crippen molar-refractivity contribution in [3.8, 4) is 0 Å². The van der Waals surface area contributed by atoms with Crippen molar-refractivity contribution in [1.82, 2.24) is 25.0 Å². The monoisotopic (exact) mass is 349 g/mol. The Balaban J connectivity index is 1.73. The van der Waals surface area contributed by atoms with Gasteiger partial charge in [0.25, 0.3) is 0 Å². The molecule has 2 amide bonds. The maximum atomic E-state index is 14.1. The first-order valence-electron chi connectivity index (χ1n) is 8.38. The molecule has 1 aromatic carbocycles. The summed E-state index contributed by atoms with van der Waals surface area (Å²) in [6.07, 6.45) is 1.33. The van der Waals surface area contributed by atoms with Crippen LogP contribution in [-0.4, -0.2) is 32.2 Å². The maximum absolute atomic E-state index is 14.1. The molecule has 0 spiro atoms. The van der Waals surface area contributed by atoms with Gasteiger partial charge in [-0.2, -0.15) is 5.10 Å². The molecule has 0 fully saturated rings. The highest BCUT2D eigenvalue weighted by Gasteiger charge is 2.25. The molecular weight excluding hydrogens is 328 g/mol. The number of carbonyl (C=O) groups excluding carboxylic acids is 1. The number of nitrogens with one attached hydrogen (secondary N) is 1. The topological polar surface area (TPSA) is 63.1 Å². The number of halogens is 2.